The van der Waals surface area contributed by atoms with Gasteiger partial charge in [-0.25, -0.2) is 0 Å². The summed E-state index contributed by atoms with van der Waals surface area (Å²) in [4.78, 5) is 14.7. The van der Waals surface area contributed by atoms with Crippen LogP contribution in [0.1, 0.15) is 5.69 Å². The average Bonchev–Trinajstić information content (AvgIpc) is 2.15. The first-order valence-electron chi connectivity index (χ1n) is 4.08. The number of rotatable bonds is 3. The number of nitrogens with zero attached hydrogens (tertiary/aromatic N) is 1. The molecule has 6 heteroatoms. The number of hydrogen-bond acceptors (Lipinski definition) is 2. The zero-order valence-electron chi connectivity index (χ0n) is 7.58. The molecule has 1 rings (SSSR count). The molecule has 0 fully saturated rings. The summed E-state index contributed by atoms with van der Waals surface area (Å²) in [6.07, 6.45) is -1.94. The van der Waals surface area contributed by atoms with Crippen LogP contribution in [0.3, 0.4) is 0 Å². The van der Waals surface area contributed by atoms with E-state index in [1.807, 2.05) is 0 Å². The first-order valence-corrected chi connectivity index (χ1v) is 4.08. The van der Waals surface area contributed by atoms with Gasteiger partial charge in [-0.2, -0.15) is 13.2 Å². The van der Waals surface area contributed by atoms with Crippen LogP contribution in [0.25, 0.3) is 0 Å². The topological polar surface area (TPSA) is 42.0 Å². The van der Waals surface area contributed by atoms with Gasteiger partial charge < -0.3 is 5.32 Å². The molecule has 0 aliphatic heterocycles. The summed E-state index contributed by atoms with van der Waals surface area (Å²) in [5.41, 5.74) is 0.317. The van der Waals surface area contributed by atoms with Crippen molar-refractivity contribution in [1.82, 2.24) is 10.3 Å². The van der Waals surface area contributed by atoms with E-state index in [-0.39, 0.29) is 0 Å². The second kappa shape index (κ2) is 4.77. The highest BCUT2D eigenvalue weighted by Gasteiger charge is 2.27. The lowest BCUT2D eigenvalue weighted by Crippen LogP contribution is -2.34. The molecule has 1 heterocycles. The van der Waals surface area contributed by atoms with E-state index in [0.717, 1.165) is 6.42 Å². The quantitative estimate of drug-likeness (QED) is 0.829. The third kappa shape index (κ3) is 4.99. The van der Waals surface area contributed by atoms with Crippen molar-refractivity contribution in [2.24, 2.45) is 0 Å². The molecule has 1 aromatic rings. The van der Waals surface area contributed by atoms with Gasteiger partial charge in [0, 0.05) is 6.20 Å². The van der Waals surface area contributed by atoms with Crippen LogP contribution >= 0.6 is 0 Å². The molecule has 1 amide bonds. The van der Waals surface area contributed by atoms with Crippen molar-refractivity contribution >= 4 is 5.91 Å². The molecule has 3 nitrogen and oxygen atoms in total. The third-order valence-electron chi connectivity index (χ3n) is 1.43. The van der Waals surface area contributed by atoms with E-state index >= 15 is 0 Å². The Hall–Kier alpha value is -1.59. The van der Waals surface area contributed by atoms with Crippen molar-refractivity contribution in [3.63, 3.8) is 0 Å². The van der Waals surface area contributed by atoms with Gasteiger partial charge in [0.15, 0.2) is 0 Å². The lowest BCUT2D eigenvalue weighted by molar-refractivity contribution is -0.136. The fourth-order valence-electron chi connectivity index (χ4n) is 0.834. The van der Waals surface area contributed by atoms with Gasteiger partial charge in [-0.1, -0.05) is 6.07 Å². The van der Waals surface area contributed by atoms with E-state index in [0.29, 0.717) is 5.69 Å². The highest BCUT2D eigenvalue weighted by molar-refractivity contribution is 5.87. The summed E-state index contributed by atoms with van der Waals surface area (Å²) in [6, 6.07) is 4.80. The van der Waals surface area contributed by atoms with Crippen LogP contribution in [-0.2, 0) is 4.79 Å². The van der Waals surface area contributed by atoms with Crippen molar-refractivity contribution in [3.05, 3.63) is 36.5 Å². The van der Waals surface area contributed by atoms with E-state index < -0.39 is 18.6 Å². The Morgan fingerprint density at radius 3 is 2.73 bits per heavy atom. The Morgan fingerprint density at radius 1 is 1.47 bits per heavy atom. The fraction of sp³-hybridized carbons (Fsp3) is 0.222. The number of hydrogen-bond donors (Lipinski definition) is 1. The van der Waals surface area contributed by atoms with Gasteiger partial charge >= 0.3 is 6.18 Å². The van der Waals surface area contributed by atoms with E-state index in [1.165, 1.54) is 12.3 Å². The lowest BCUT2D eigenvalue weighted by atomic mass is 10.2. The number of pyridine rings is 1. The van der Waals surface area contributed by atoms with Crippen molar-refractivity contribution in [3.8, 4) is 0 Å². The molecular weight excluding hydrogens is 209 g/mol. The van der Waals surface area contributed by atoms with Gasteiger partial charge in [0.25, 0.3) is 0 Å². The van der Waals surface area contributed by atoms with Gasteiger partial charge in [-0.3, -0.25) is 9.78 Å². The van der Waals surface area contributed by atoms with E-state index in [1.54, 1.807) is 17.4 Å². The number of halogens is 3. The summed E-state index contributed by atoms with van der Waals surface area (Å²) >= 11 is 0. The zero-order valence-corrected chi connectivity index (χ0v) is 7.58. The van der Waals surface area contributed by atoms with Crippen molar-refractivity contribution < 1.29 is 18.0 Å². The SMILES string of the molecule is O=C([CH]c1ccccn1)NCC(F)(F)F. The highest BCUT2D eigenvalue weighted by Crippen LogP contribution is 2.12. The second-order valence-corrected chi connectivity index (χ2v) is 2.73. The van der Waals surface area contributed by atoms with Crippen molar-refractivity contribution in [2.75, 3.05) is 6.54 Å². The Labute approximate surface area is 84.3 Å². The minimum atomic E-state index is -4.40. The highest BCUT2D eigenvalue weighted by atomic mass is 19.4. The van der Waals surface area contributed by atoms with Crippen LogP contribution in [0.15, 0.2) is 24.4 Å². The largest absolute Gasteiger partial charge is 0.405 e. The maximum atomic E-state index is 11.7. The summed E-state index contributed by atoms with van der Waals surface area (Å²) in [6.45, 7) is -1.34. The summed E-state index contributed by atoms with van der Waals surface area (Å²) in [5, 5.41) is 1.71. The number of carbonyl (C=O) groups is 1. The maximum Gasteiger partial charge on any atom is 0.405 e. The second-order valence-electron chi connectivity index (χ2n) is 2.73. The van der Waals surface area contributed by atoms with Crippen molar-refractivity contribution in [1.29, 1.82) is 0 Å². The maximum absolute atomic E-state index is 11.7. The molecule has 15 heavy (non-hydrogen) atoms. The number of alkyl halides is 3. The van der Waals surface area contributed by atoms with Crippen LogP contribution in [0.2, 0.25) is 0 Å². The molecule has 0 bridgehead atoms. The molecule has 0 aliphatic rings. The Kier molecular flexibility index (Phi) is 3.65. The van der Waals surface area contributed by atoms with Crippen molar-refractivity contribution in [2.45, 2.75) is 6.18 Å². The number of amides is 1. The standard InChI is InChI=1S/C9H8F3N2O/c10-9(11,12)6-14-8(15)5-7-3-1-2-4-13-7/h1-5H,6H2,(H,14,15). The van der Waals surface area contributed by atoms with Crippen LogP contribution < -0.4 is 5.32 Å². The summed E-state index contributed by atoms with van der Waals surface area (Å²) < 4.78 is 35.1. The smallest absolute Gasteiger partial charge is 0.346 e. The Bertz CT molecular complexity index is 324. The van der Waals surface area contributed by atoms with E-state index in [4.69, 9.17) is 0 Å². The van der Waals surface area contributed by atoms with Crippen LogP contribution in [-0.4, -0.2) is 23.6 Å². The monoisotopic (exact) mass is 217 g/mol. The van der Waals surface area contributed by atoms with Gasteiger partial charge in [0.2, 0.25) is 5.91 Å². The summed E-state index contributed by atoms with van der Waals surface area (Å²) in [7, 11) is 0. The molecule has 1 radical (unpaired) electrons. The molecule has 0 aromatic carbocycles. The van der Waals surface area contributed by atoms with E-state index in [2.05, 4.69) is 4.98 Å². The normalized spacial score (nSPS) is 11.1. The molecule has 1 aromatic heterocycles. The minimum absolute atomic E-state index is 0.317. The van der Waals surface area contributed by atoms with Crippen LogP contribution in [0.4, 0.5) is 13.2 Å². The lowest BCUT2D eigenvalue weighted by Gasteiger charge is -2.07. The van der Waals surface area contributed by atoms with Gasteiger partial charge in [0.05, 0.1) is 12.1 Å². The first kappa shape index (κ1) is 11.5. The predicted molar refractivity (Wildman–Crippen MR) is 46.7 cm³/mol. The molecule has 0 atom stereocenters. The molecule has 0 saturated heterocycles. The number of aromatic nitrogens is 1. The average molecular weight is 217 g/mol. The van der Waals surface area contributed by atoms with Gasteiger partial charge in [0.1, 0.15) is 6.54 Å². The Morgan fingerprint density at radius 2 is 2.20 bits per heavy atom. The Balaban J connectivity index is 2.38. The molecule has 1 N–H and O–H groups in total. The zero-order chi connectivity index (χ0) is 11.3. The first-order chi connectivity index (χ1) is 6.97. The number of nitrogens with one attached hydrogen (secondary N) is 1. The van der Waals surface area contributed by atoms with Gasteiger partial charge in [-0.15, -0.1) is 0 Å². The minimum Gasteiger partial charge on any atom is -0.346 e. The molecule has 0 spiro atoms. The molecule has 81 valence electrons. The van der Waals surface area contributed by atoms with E-state index in [9.17, 15) is 18.0 Å². The third-order valence-corrected chi connectivity index (χ3v) is 1.43. The molecule has 0 saturated carbocycles. The van der Waals surface area contributed by atoms with Crippen LogP contribution in [0.5, 0.6) is 0 Å². The predicted octanol–water partition coefficient (Wildman–Crippen LogP) is 1.31. The fourth-order valence-corrected chi connectivity index (χ4v) is 0.834. The van der Waals surface area contributed by atoms with Gasteiger partial charge in [-0.05, 0) is 12.1 Å². The molecule has 0 aliphatic carbocycles. The van der Waals surface area contributed by atoms with Crippen LogP contribution in [0, 0.1) is 6.42 Å². The summed E-state index contributed by atoms with van der Waals surface area (Å²) in [5.74, 6) is -0.814. The molecular formula is C9H8F3N2O. The number of carbonyl (C=O) groups excluding carboxylic acids is 1. The molecule has 0 unspecified atom stereocenters.